The number of ether oxygens (including phenoxy) is 2. The van der Waals surface area contributed by atoms with Crippen LogP contribution in [0.3, 0.4) is 0 Å². The van der Waals surface area contributed by atoms with Crippen molar-refractivity contribution in [2.75, 3.05) is 20.8 Å². The Morgan fingerprint density at radius 2 is 1.68 bits per heavy atom. The van der Waals surface area contributed by atoms with Gasteiger partial charge in [0.05, 0.1) is 37.5 Å². The Bertz CT molecular complexity index is 2100. The van der Waals surface area contributed by atoms with Gasteiger partial charge in [-0.25, -0.2) is 9.78 Å². The number of rotatable bonds is 14. The van der Waals surface area contributed by atoms with Gasteiger partial charge < -0.3 is 35.3 Å². The summed E-state index contributed by atoms with van der Waals surface area (Å²) in [6, 6.07) is 19.6. The van der Waals surface area contributed by atoms with E-state index >= 15 is 0 Å². The van der Waals surface area contributed by atoms with E-state index in [1.807, 2.05) is 31.5 Å². The van der Waals surface area contributed by atoms with E-state index in [4.69, 9.17) is 9.47 Å². The lowest BCUT2D eigenvalue weighted by atomic mass is 9.88. The van der Waals surface area contributed by atoms with Gasteiger partial charge in [0.25, 0.3) is 0 Å². The Labute approximate surface area is 354 Å². The van der Waals surface area contributed by atoms with E-state index < -0.39 is 18.2 Å². The van der Waals surface area contributed by atoms with Gasteiger partial charge in [-0.15, -0.1) is 0 Å². The monoisotopic (exact) mass is 815 g/mol. The molecular formula is C48H61N7O5. The first-order valence-electron chi connectivity index (χ1n) is 21.2. The summed E-state index contributed by atoms with van der Waals surface area (Å²) in [5, 5.41) is 9.21. The number of benzene rings is 2. The molecule has 0 spiro atoms. The van der Waals surface area contributed by atoms with Crippen molar-refractivity contribution in [3.8, 4) is 22.4 Å². The highest BCUT2D eigenvalue weighted by molar-refractivity contribution is 5.87. The lowest BCUT2D eigenvalue weighted by Crippen LogP contribution is -2.55. The second kappa shape index (κ2) is 20.5. The number of hydrogen-bond acceptors (Lipinski definition) is 8. The third-order valence-corrected chi connectivity index (χ3v) is 12.3. The molecule has 3 fully saturated rings. The van der Waals surface area contributed by atoms with Crippen molar-refractivity contribution < 1.29 is 23.9 Å². The summed E-state index contributed by atoms with van der Waals surface area (Å²) < 4.78 is 10.1. The van der Waals surface area contributed by atoms with Gasteiger partial charge in [0, 0.05) is 49.4 Å². The number of likely N-dealkylation sites (tertiary alicyclic amines) is 1. The number of H-pyrrole nitrogens is 1. The Kier molecular flexibility index (Phi) is 15.0. The van der Waals surface area contributed by atoms with Crippen LogP contribution >= 0.6 is 0 Å². The molecule has 12 heteroatoms. The Morgan fingerprint density at radius 3 is 2.28 bits per heavy atom. The molecule has 318 valence electrons. The smallest absolute Gasteiger partial charge is 0.407 e. The normalized spacial score (nSPS) is 20.5. The van der Waals surface area contributed by atoms with Crippen molar-refractivity contribution in [1.29, 1.82) is 0 Å². The third-order valence-electron chi connectivity index (χ3n) is 12.3. The number of fused-ring (bicyclic) bond motifs is 2. The highest BCUT2D eigenvalue weighted by Crippen LogP contribution is 2.48. The van der Waals surface area contributed by atoms with Gasteiger partial charge in [0.2, 0.25) is 11.8 Å². The van der Waals surface area contributed by atoms with Crippen LogP contribution in [0.5, 0.6) is 0 Å². The molecule has 2 bridgehead atoms. The van der Waals surface area contributed by atoms with Crippen LogP contribution < -0.4 is 16.0 Å². The molecule has 12 nitrogen and oxygen atoms in total. The fourth-order valence-electron chi connectivity index (χ4n) is 8.94. The molecule has 6 atom stereocenters. The van der Waals surface area contributed by atoms with Gasteiger partial charge in [-0.2, -0.15) is 0 Å². The molecule has 2 saturated carbocycles. The van der Waals surface area contributed by atoms with Crippen molar-refractivity contribution in [2.45, 2.75) is 96.9 Å². The first kappa shape index (κ1) is 43.8. The van der Waals surface area contributed by atoms with E-state index in [0.29, 0.717) is 24.9 Å². The number of carbonyl (C=O) groups is 3. The topological polar surface area (TPSA) is 151 Å². The zero-order chi connectivity index (χ0) is 42.8. The summed E-state index contributed by atoms with van der Waals surface area (Å²) in [7, 11) is 2.77. The molecule has 3 aliphatic rings. The fraction of sp³-hybridized carbons (Fsp3) is 0.438. The molecule has 7 rings (SSSR count). The molecular weight excluding hydrogens is 755 g/mol. The van der Waals surface area contributed by atoms with Crippen LogP contribution in [0.25, 0.3) is 28.1 Å². The molecule has 4 N–H and O–H groups in total. The summed E-state index contributed by atoms with van der Waals surface area (Å²) in [5.74, 6) is 2.17. The van der Waals surface area contributed by atoms with Crippen LogP contribution in [0.4, 0.5) is 4.79 Å². The minimum Gasteiger partial charge on any atom is -0.453 e. The van der Waals surface area contributed by atoms with E-state index in [1.54, 1.807) is 18.2 Å². The van der Waals surface area contributed by atoms with Crippen molar-refractivity contribution in [1.82, 2.24) is 35.8 Å². The van der Waals surface area contributed by atoms with Crippen LogP contribution in [0.1, 0.15) is 89.0 Å². The lowest BCUT2D eigenvalue weighted by molar-refractivity contribution is -0.136. The number of imidazole rings is 1. The Balaban J connectivity index is 0.000000251. The maximum Gasteiger partial charge on any atom is 0.407 e. The second-order valence-electron chi connectivity index (χ2n) is 16.4. The van der Waals surface area contributed by atoms with Gasteiger partial charge >= 0.3 is 6.09 Å². The fourth-order valence-corrected chi connectivity index (χ4v) is 8.94. The molecule has 2 aliphatic carbocycles. The molecule has 6 unspecified atom stereocenters. The van der Waals surface area contributed by atoms with Gasteiger partial charge in [0.1, 0.15) is 6.04 Å². The molecule has 2 aromatic heterocycles. The van der Waals surface area contributed by atoms with Crippen LogP contribution in [-0.2, 0) is 25.6 Å². The molecule has 2 aromatic carbocycles. The summed E-state index contributed by atoms with van der Waals surface area (Å²) in [5.41, 5.74) is 9.18. The summed E-state index contributed by atoms with van der Waals surface area (Å²) in [6.45, 7) is 13.5. The van der Waals surface area contributed by atoms with Crippen LogP contribution in [0.15, 0.2) is 97.7 Å². The molecule has 1 saturated heterocycles. The molecule has 60 heavy (non-hydrogen) atoms. The standard InChI is InChI=1S/C31H37N5O4.C17H24N2O/c1-6-26(24-13-9-22(10-14-24)23-11-15-25(16-12-23)27-18-32-19-33-27)34-20(2)28-8-7-17-36(28)30(37)29(21(3)39-4)35-31(38)40-5;1-11(2)16-14(4-3-7-18-16)10-19-17(20)15-9-12-5-6-13(15)8-12/h6,9-16,18-19,21,28-29,34H,2,7-8,17H2,1,3-5H3,(H,32,33)(H,35,38);3-4,7,11-13,15H,5-6,8-10H2,1-2H3,(H,19,20)/b26-6-;. The third kappa shape index (κ3) is 10.5. The zero-order valence-electron chi connectivity index (χ0n) is 35.9. The number of aromatic nitrogens is 3. The van der Waals surface area contributed by atoms with Crippen molar-refractivity contribution in [2.24, 2.45) is 17.8 Å². The Morgan fingerprint density at radius 1 is 0.967 bits per heavy atom. The van der Waals surface area contributed by atoms with E-state index in [9.17, 15) is 14.4 Å². The second-order valence-corrected chi connectivity index (χ2v) is 16.4. The maximum absolute atomic E-state index is 13.5. The summed E-state index contributed by atoms with van der Waals surface area (Å²) in [6.07, 6.45) is 12.7. The number of carbonyl (C=O) groups excluding carboxylic acids is 3. The van der Waals surface area contributed by atoms with Gasteiger partial charge in [-0.3, -0.25) is 14.6 Å². The predicted octanol–water partition coefficient (Wildman–Crippen LogP) is 8.22. The summed E-state index contributed by atoms with van der Waals surface area (Å²) >= 11 is 0. The van der Waals surface area contributed by atoms with Crippen molar-refractivity contribution in [3.05, 3.63) is 115 Å². The minimum atomic E-state index is -0.867. The number of amides is 3. The largest absolute Gasteiger partial charge is 0.453 e. The number of nitrogens with one attached hydrogen (secondary N) is 4. The zero-order valence-corrected chi connectivity index (χ0v) is 35.9. The molecule has 1 aliphatic heterocycles. The number of allylic oxidation sites excluding steroid dienone is 1. The van der Waals surface area contributed by atoms with E-state index in [1.165, 1.54) is 33.5 Å². The predicted molar refractivity (Wildman–Crippen MR) is 235 cm³/mol. The number of methoxy groups -OCH3 is 2. The minimum absolute atomic E-state index is 0.221. The first-order valence-corrected chi connectivity index (χ1v) is 21.2. The molecule has 4 aromatic rings. The first-order chi connectivity index (χ1) is 29.0. The molecule has 3 amide bonds. The van der Waals surface area contributed by atoms with Gasteiger partial charge in [0.15, 0.2) is 0 Å². The lowest BCUT2D eigenvalue weighted by Gasteiger charge is -2.32. The highest BCUT2D eigenvalue weighted by Gasteiger charge is 2.43. The highest BCUT2D eigenvalue weighted by atomic mass is 16.5. The molecule has 3 heterocycles. The van der Waals surface area contributed by atoms with Crippen molar-refractivity contribution in [3.63, 3.8) is 0 Å². The van der Waals surface area contributed by atoms with Crippen LogP contribution in [0.2, 0.25) is 0 Å². The number of alkyl carbamates (subject to hydrolysis) is 1. The SMILES string of the molecule is C=C(N/C(=C\C)c1ccc(-c2ccc(-c3cnc[nH]3)cc2)cc1)C1CCCN1C(=O)C(NC(=O)OC)C(C)OC.CC(C)c1ncccc1CNC(=O)C1CC2CCC1C2. The van der Waals surface area contributed by atoms with Crippen LogP contribution in [-0.4, -0.2) is 76.7 Å². The number of nitrogens with zero attached hydrogens (tertiary/aromatic N) is 3. The number of pyridine rings is 1. The average molecular weight is 816 g/mol. The van der Waals surface area contributed by atoms with E-state index in [2.05, 4.69) is 106 Å². The average Bonchev–Trinajstić information content (AvgIpc) is 4.13. The van der Waals surface area contributed by atoms with E-state index in [-0.39, 0.29) is 23.8 Å². The van der Waals surface area contributed by atoms with Gasteiger partial charge in [-0.05, 0) is 97.6 Å². The van der Waals surface area contributed by atoms with Gasteiger partial charge in [-0.1, -0.05) is 87.5 Å². The quantitative estimate of drug-likeness (QED) is 0.0995. The number of hydrogen-bond donors (Lipinski definition) is 4. The van der Waals surface area contributed by atoms with Crippen LogP contribution in [0, 0.1) is 17.8 Å². The molecule has 0 radical (unpaired) electrons. The van der Waals surface area contributed by atoms with E-state index in [0.717, 1.165) is 75.8 Å². The maximum atomic E-state index is 13.5. The number of aromatic amines is 1. The summed E-state index contributed by atoms with van der Waals surface area (Å²) in [4.78, 5) is 51.2. The van der Waals surface area contributed by atoms with Crippen molar-refractivity contribution >= 4 is 23.6 Å². The Hall–Kier alpha value is -5.75.